The van der Waals surface area contributed by atoms with Crippen LogP contribution in [-0.2, 0) is 19.4 Å². The van der Waals surface area contributed by atoms with Crippen LogP contribution in [0, 0.1) is 0 Å². The van der Waals surface area contributed by atoms with E-state index in [9.17, 15) is 9.59 Å². The topological polar surface area (TPSA) is 122 Å². The Bertz CT molecular complexity index is 1290. The molecule has 0 aliphatic carbocycles. The van der Waals surface area contributed by atoms with E-state index < -0.39 is 11.2 Å². The van der Waals surface area contributed by atoms with Crippen LogP contribution in [0.25, 0.3) is 11.2 Å². The summed E-state index contributed by atoms with van der Waals surface area (Å²) in [6.45, 7) is 2.27. The van der Waals surface area contributed by atoms with Gasteiger partial charge in [-0.25, -0.2) is 9.78 Å². The molecule has 0 saturated heterocycles. The molecule has 4 rings (SSSR count). The number of aromatic nitrogens is 6. The highest BCUT2D eigenvalue weighted by Gasteiger charge is 2.17. The number of halogens is 1. The minimum Gasteiger partial charge on any atom is -0.339 e. The van der Waals surface area contributed by atoms with Gasteiger partial charge in [0.2, 0.25) is 5.89 Å². The highest BCUT2D eigenvalue weighted by Crippen LogP contribution is 2.22. The van der Waals surface area contributed by atoms with Gasteiger partial charge in [0.1, 0.15) is 11.3 Å². The molecule has 2 N–H and O–H groups in total. The first-order valence-electron chi connectivity index (χ1n) is 10.7. The molecule has 0 bridgehead atoms. The Kier molecular flexibility index (Phi) is 6.84. The first-order chi connectivity index (χ1) is 15.6. The zero-order valence-corrected chi connectivity index (χ0v) is 18.6. The van der Waals surface area contributed by atoms with Gasteiger partial charge in [-0.05, 0) is 24.8 Å². The van der Waals surface area contributed by atoms with Crippen LogP contribution in [0.15, 0.2) is 44.4 Å². The standard InChI is InChI=1S/C22H25ClN6O3/c1-2-15(10-11-23)19-25-18-20(26-19)27-22(31)29(21(18)30)12-6-9-17-24-16(28-32-17)13-14-7-4-3-5-8-14/h3-5,7-8,15H,2,6,9-13H2,1H3,(H,25,26)(H,27,31). The maximum Gasteiger partial charge on any atom is 0.330 e. The van der Waals surface area contributed by atoms with Crippen LogP contribution >= 0.6 is 11.6 Å². The summed E-state index contributed by atoms with van der Waals surface area (Å²) in [6, 6.07) is 9.89. The molecule has 0 radical (unpaired) electrons. The summed E-state index contributed by atoms with van der Waals surface area (Å²) >= 11 is 5.87. The Balaban J connectivity index is 1.44. The van der Waals surface area contributed by atoms with Crippen molar-refractivity contribution < 1.29 is 4.52 Å². The smallest absolute Gasteiger partial charge is 0.330 e. The number of nitrogens with one attached hydrogen (secondary N) is 2. The number of nitrogens with zero attached hydrogens (tertiary/aromatic N) is 4. The fourth-order valence-electron chi connectivity index (χ4n) is 3.73. The Hall–Kier alpha value is -3.20. The third kappa shape index (κ3) is 4.83. The van der Waals surface area contributed by atoms with E-state index in [1.54, 1.807) is 0 Å². The van der Waals surface area contributed by atoms with E-state index in [4.69, 9.17) is 16.1 Å². The predicted molar refractivity (Wildman–Crippen MR) is 121 cm³/mol. The molecule has 9 nitrogen and oxygen atoms in total. The second-order valence-electron chi connectivity index (χ2n) is 7.69. The van der Waals surface area contributed by atoms with Gasteiger partial charge in [0.15, 0.2) is 11.5 Å². The van der Waals surface area contributed by atoms with Crippen LogP contribution in [0.1, 0.15) is 55.2 Å². The van der Waals surface area contributed by atoms with Crippen molar-refractivity contribution in [3.05, 3.63) is 74.3 Å². The maximum atomic E-state index is 12.9. The lowest BCUT2D eigenvalue weighted by Crippen LogP contribution is -2.35. The number of aryl methyl sites for hydroxylation is 1. The van der Waals surface area contributed by atoms with Crippen molar-refractivity contribution in [2.45, 2.75) is 51.5 Å². The Morgan fingerprint density at radius 3 is 2.72 bits per heavy atom. The van der Waals surface area contributed by atoms with E-state index in [2.05, 4.69) is 25.1 Å². The van der Waals surface area contributed by atoms with Gasteiger partial charge >= 0.3 is 5.69 Å². The Labute approximate surface area is 188 Å². The summed E-state index contributed by atoms with van der Waals surface area (Å²) < 4.78 is 6.48. The zero-order chi connectivity index (χ0) is 22.5. The first-order valence-corrected chi connectivity index (χ1v) is 11.3. The Morgan fingerprint density at radius 1 is 1.16 bits per heavy atom. The van der Waals surface area contributed by atoms with Gasteiger partial charge < -0.3 is 9.51 Å². The molecule has 4 aromatic rings. The maximum absolute atomic E-state index is 12.9. The van der Waals surface area contributed by atoms with Gasteiger partial charge in [-0.3, -0.25) is 14.3 Å². The number of hydrogen-bond acceptors (Lipinski definition) is 6. The highest BCUT2D eigenvalue weighted by atomic mass is 35.5. The first kappa shape index (κ1) is 22.0. The molecule has 0 saturated carbocycles. The second kappa shape index (κ2) is 9.95. The molecule has 1 unspecified atom stereocenters. The number of benzene rings is 1. The fraction of sp³-hybridized carbons (Fsp3) is 0.409. The van der Waals surface area contributed by atoms with Crippen LogP contribution < -0.4 is 11.2 Å². The molecule has 0 aliphatic rings. The van der Waals surface area contributed by atoms with Crippen molar-refractivity contribution in [1.29, 1.82) is 0 Å². The summed E-state index contributed by atoms with van der Waals surface area (Å²) in [5.74, 6) is 2.37. The molecule has 10 heteroatoms. The summed E-state index contributed by atoms with van der Waals surface area (Å²) in [7, 11) is 0. The Morgan fingerprint density at radius 2 is 1.97 bits per heavy atom. The second-order valence-corrected chi connectivity index (χ2v) is 8.06. The monoisotopic (exact) mass is 456 g/mol. The molecule has 0 aliphatic heterocycles. The van der Waals surface area contributed by atoms with E-state index >= 15 is 0 Å². The van der Waals surface area contributed by atoms with Crippen LogP contribution in [0.4, 0.5) is 0 Å². The van der Waals surface area contributed by atoms with Crippen molar-refractivity contribution in [2.75, 3.05) is 5.88 Å². The molecule has 0 spiro atoms. The average molecular weight is 457 g/mol. The molecule has 3 aromatic heterocycles. The van der Waals surface area contributed by atoms with Gasteiger partial charge in [-0.1, -0.05) is 42.4 Å². The molecule has 0 fully saturated rings. The lowest BCUT2D eigenvalue weighted by Gasteiger charge is -2.08. The van der Waals surface area contributed by atoms with E-state index in [1.807, 2.05) is 37.3 Å². The van der Waals surface area contributed by atoms with Gasteiger partial charge in [0, 0.05) is 31.2 Å². The average Bonchev–Trinajstić information content (AvgIpc) is 3.42. The number of rotatable bonds is 10. The van der Waals surface area contributed by atoms with Crippen molar-refractivity contribution in [3.63, 3.8) is 0 Å². The number of hydrogen-bond donors (Lipinski definition) is 2. The van der Waals surface area contributed by atoms with Gasteiger partial charge in [-0.2, -0.15) is 4.98 Å². The van der Waals surface area contributed by atoms with Crippen molar-refractivity contribution in [1.82, 2.24) is 29.7 Å². The minimum absolute atomic E-state index is 0.110. The van der Waals surface area contributed by atoms with Crippen molar-refractivity contribution in [3.8, 4) is 0 Å². The normalized spacial score (nSPS) is 12.4. The summed E-state index contributed by atoms with van der Waals surface area (Å²) in [5, 5.41) is 4.01. The number of alkyl halides is 1. The third-order valence-electron chi connectivity index (χ3n) is 5.48. The van der Waals surface area contributed by atoms with E-state index in [-0.39, 0.29) is 18.1 Å². The molecule has 32 heavy (non-hydrogen) atoms. The molecule has 3 heterocycles. The fourth-order valence-corrected chi connectivity index (χ4v) is 3.99. The lowest BCUT2D eigenvalue weighted by atomic mass is 10.0. The SMILES string of the molecule is CCC(CCCl)c1nc2[nH]c(=O)n(CCCc3nc(Cc4ccccc4)no3)c(=O)c2[nH]1. The van der Waals surface area contributed by atoms with Crippen molar-refractivity contribution >= 4 is 22.8 Å². The zero-order valence-electron chi connectivity index (χ0n) is 17.8. The lowest BCUT2D eigenvalue weighted by molar-refractivity contribution is 0.367. The van der Waals surface area contributed by atoms with Gasteiger partial charge in [0.25, 0.3) is 5.56 Å². The van der Waals surface area contributed by atoms with E-state index in [1.165, 1.54) is 4.57 Å². The summed E-state index contributed by atoms with van der Waals surface area (Å²) in [6.07, 6.45) is 3.14. The number of H-pyrrole nitrogens is 2. The summed E-state index contributed by atoms with van der Waals surface area (Å²) in [4.78, 5) is 39.9. The largest absolute Gasteiger partial charge is 0.339 e. The van der Waals surface area contributed by atoms with Crippen molar-refractivity contribution in [2.24, 2.45) is 0 Å². The third-order valence-corrected chi connectivity index (χ3v) is 5.69. The minimum atomic E-state index is -0.485. The van der Waals surface area contributed by atoms with Gasteiger partial charge in [-0.15, -0.1) is 11.6 Å². The number of imidazole rings is 1. The van der Waals surface area contributed by atoms with Gasteiger partial charge in [0.05, 0.1) is 0 Å². The van der Waals surface area contributed by atoms with Crippen LogP contribution in [-0.4, -0.2) is 35.5 Å². The molecular weight excluding hydrogens is 432 g/mol. The highest BCUT2D eigenvalue weighted by molar-refractivity contribution is 6.17. The summed E-state index contributed by atoms with van der Waals surface area (Å²) in [5.41, 5.74) is 0.804. The predicted octanol–water partition coefficient (Wildman–Crippen LogP) is 3.14. The van der Waals surface area contributed by atoms with Crippen LogP contribution in [0.5, 0.6) is 0 Å². The molecule has 0 amide bonds. The van der Waals surface area contributed by atoms with E-state index in [0.29, 0.717) is 48.2 Å². The quantitative estimate of drug-likeness (QED) is 0.353. The van der Waals surface area contributed by atoms with Crippen LogP contribution in [0.3, 0.4) is 0 Å². The van der Waals surface area contributed by atoms with Crippen LogP contribution in [0.2, 0.25) is 0 Å². The molecule has 168 valence electrons. The molecule has 1 atom stereocenters. The van der Waals surface area contributed by atoms with E-state index in [0.717, 1.165) is 18.4 Å². The number of fused-ring (bicyclic) bond motifs is 1. The molecular formula is C22H25ClN6O3. The number of aromatic amines is 2. The molecule has 1 aromatic carbocycles.